The molecule has 5 rings (SSSR count). The lowest BCUT2D eigenvalue weighted by atomic mass is 9.81. The van der Waals surface area contributed by atoms with Gasteiger partial charge in [-0.05, 0) is 86.3 Å². The molecule has 2 aromatic carbocycles. The van der Waals surface area contributed by atoms with Crippen molar-refractivity contribution in [3.8, 4) is 0 Å². The summed E-state index contributed by atoms with van der Waals surface area (Å²) in [7, 11) is 0. The number of fused-ring (bicyclic) bond motifs is 2. The highest BCUT2D eigenvalue weighted by Gasteiger charge is 2.29. The normalized spacial score (nSPS) is 22.9. The second-order valence-electron chi connectivity index (χ2n) is 9.26. The first kappa shape index (κ1) is 21.1. The van der Waals surface area contributed by atoms with Gasteiger partial charge in [-0.25, -0.2) is 0 Å². The average Bonchev–Trinajstić information content (AvgIpc) is 2.82. The molecule has 1 aromatic heterocycles. The Morgan fingerprint density at radius 2 is 1.78 bits per heavy atom. The van der Waals surface area contributed by atoms with Crippen LogP contribution in [0.1, 0.15) is 55.7 Å². The van der Waals surface area contributed by atoms with Crippen LogP contribution < -0.4 is 10.9 Å². The van der Waals surface area contributed by atoms with Crippen LogP contribution >= 0.6 is 12.2 Å². The standard InChI is InChI=1S/C26H29N3O2S/c30-24(27-22-11-5-7-18-6-1-2-8-20(18)22)19-14-12-17(13-15-19)16-29-25(31)21-9-3-4-10-23(21)28-26(29)32/h1-4,6,8-10,17,19,22H,5,7,11-16H2,(H,27,30)(H,28,32)/t17?,19?,22-/m1/s1. The zero-order valence-corrected chi connectivity index (χ0v) is 19.0. The van der Waals surface area contributed by atoms with Crippen LogP contribution in [0.25, 0.3) is 10.9 Å². The van der Waals surface area contributed by atoms with E-state index in [-0.39, 0.29) is 23.4 Å². The molecule has 6 heteroatoms. The lowest BCUT2D eigenvalue weighted by Gasteiger charge is -2.31. The maximum Gasteiger partial charge on any atom is 0.262 e. The van der Waals surface area contributed by atoms with E-state index >= 15 is 0 Å². The van der Waals surface area contributed by atoms with Crippen LogP contribution in [0.2, 0.25) is 0 Å². The number of H-pyrrole nitrogens is 1. The van der Waals surface area contributed by atoms with Crippen molar-refractivity contribution in [2.24, 2.45) is 11.8 Å². The highest BCUT2D eigenvalue weighted by atomic mass is 32.1. The number of benzene rings is 2. The van der Waals surface area contributed by atoms with Gasteiger partial charge in [0.15, 0.2) is 4.77 Å². The molecule has 2 N–H and O–H groups in total. The molecular formula is C26H29N3O2S. The van der Waals surface area contributed by atoms with Crippen molar-refractivity contribution in [2.75, 3.05) is 0 Å². The van der Waals surface area contributed by atoms with Crippen LogP contribution in [-0.2, 0) is 17.8 Å². The fraction of sp³-hybridized carbons (Fsp3) is 0.423. The molecule has 1 saturated carbocycles. The van der Waals surface area contributed by atoms with Gasteiger partial charge in [-0.1, -0.05) is 36.4 Å². The van der Waals surface area contributed by atoms with Crippen molar-refractivity contribution in [2.45, 2.75) is 57.5 Å². The Hall–Kier alpha value is -2.73. The molecule has 2 aliphatic rings. The molecule has 32 heavy (non-hydrogen) atoms. The van der Waals surface area contributed by atoms with E-state index in [1.807, 2.05) is 24.3 Å². The number of hydrogen-bond donors (Lipinski definition) is 2. The van der Waals surface area contributed by atoms with Gasteiger partial charge in [0.25, 0.3) is 5.56 Å². The monoisotopic (exact) mass is 447 g/mol. The number of aromatic amines is 1. The third-order valence-corrected chi connectivity index (χ3v) is 7.56. The number of hydrogen-bond acceptors (Lipinski definition) is 3. The maximum absolute atomic E-state index is 13.0. The molecule has 0 unspecified atom stereocenters. The van der Waals surface area contributed by atoms with Crippen LogP contribution in [0.4, 0.5) is 0 Å². The van der Waals surface area contributed by atoms with E-state index in [4.69, 9.17) is 12.2 Å². The summed E-state index contributed by atoms with van der Waals surface area (Å²) >= 11 is 5.47. The smallest absolute Gasteiger partial charge is 0.262 e. The van der Waals surface area contributed by atoms with Gasteiger partial charge in [0.2, 0.25) is 5.91 Å². The predicted octanol–water partition coefficient (Wildman–Crippen LogP) is 5.06. The zero-order chi connectivity index (χ0) is 22.1. The summed E-state index contributed by atoms with van der Waals surface area (Å²) in [6.07, 6.45) is 6.84. The SMILES string of the molecule is O=C(N[C@@H]1CCCc2ccccc21)C1CCC(Cn2c(=S)[nH]c3ccccc3c2=O)CC1. The molecule has 3 aromatic rings. The predicted molar refractivity (Wildman–Crippen MR) is 129 cm³/mol. The van der Waals surface area contributed by atoms with Crippen molar-refractivity contribution in [1.29, 1.82) is 0 Å². The second kappa shape index (κ2) is 9.02. The van der Waals surface area contributed by atoms with Gasteiger partial charge in [0.05, 0.1) is 16.9 Å². The Kier molecular flexibility index (Phi) is 5.96. The van der Waals surface area contributed by atoms with E-state index in [1.54, 1.807) is 4.57 Å². The van der Waals surface area contributed by atoms with Crippen LogP contribution in [0.15, 0.2) is 53.3 Å². The number of amides is 1. The number of nitrogens with one attached hydrogen (secondary N) is 2. The van der Waals surface area contributed by atoms with E-state index in [0.29, 0.717) is 22.6 Å². The number of aryl methyl sites for hydroxylation is 1. The molecule has 1 fully saturated rings. The molecule has 1 heterocycles. The quantitative estimate of drug-likeness (QED) is 0.550. The summed E-state index contributed by atoms with van der Waals surface area (Å²) in [5, 5.41) is 4.00. The average molecular weight is 448 g/mol. The number of para-hydroxylation sites is 1. The largest absolute Gasteiger partial charge is 0.349 e. The van der Waals surface area contributed by atoms with Crippen LogP contribution in [0.5, 0.6) is 0 Å². The first-order chi connectivity index (χ1) is 15.6. The first-order valence-electron chi connectivity index (χ1n) is 11.7. The Bertz CT molecular complexity index is 1250. The maximum atomic E-state index is 13.0. The number of carbonyl (C=O) groups is 1. The van der Waals surface area contributed by atoms with Crippen molar-refractivity contribution in [3.63, 3.8) is 0 Å². The third-order valence-electron chi connectivity index (χ3n) is 7.23. The van der Waals surface area contributed by atoms with Crippen LogP contribution in [-0.4, -0.2) is 15.5 Å². The third kappa shape index (κ3) is 4.16. The number of nitrogens with zero attached hydrogens (tertiary/aromatic N) is 1. The van der Waals surface area contributed by atoms with Gasteiger partial charge in [0.1, 0.15) is 0 Å². The summed E-state index contributed by atoms with van der Waals surface area (Å²) in [5.74, 6) is 0.608. The van der Waals surface area contributed by atoms with Gasteiger partial charge in [-0.2, -0.15) is 0 Å². The van der Waals surface area contributed by atoms with Crippen molar-refractivity contribution >= 4 is 29.0 Å². The fourth-order valence-corrected chi connectivity index (χ4v) is 5.69. The van der Waals surface area contributed by atoms with Crippen LogP contribution in [0, 0.1) is 16.6 Å². The number of carbonyl (C=O) groups excluding carboxylic acids is 1. The lowest BCUT2D eigenvalue weighted by molar-refractivity contribution is -0.127. The van der Waals surface area contributed by atoms with Crippen molar-refractivity contribution in [1.82, 2.24) is 14.9 Å². The molecule has 2 aliphatic carbocycles. The summed E-state index contributed by atoms with van der Waals surface area (Å²) in [4.78, 5) is 29.1. The van der Waals surface area contributed by atoms with E-state index in [2.05, 4.69) is 34.6 Å². The van der Waals surface area contributed by atoms with Crippen molar-refractivity contribution in [3.05, 3.63) is 74.8 Å². The highest BCUT2D eigenvalue weighted by molar-refractivity contribution is 7.71. The molecule has 0 spiro atoms. The van der Waals surface area contributed by atoms with E-state index < -0.39 is 0 Å². The van der Waals surface area contributed by atoms with E-state index in [1.165, 1.54) is 11.1 Å². The Balaban J connectivity index is 1.22. The molecule has 0 saturated heterocycles. The summed E-state index contributed by atoms with van der Waals surface area (Å²) in [6, 6.07) is 16.1. The molecule has 5 nitrogen and oxygen atoms in total. The highest BCUT2D eigenvalue weighted by Crippen LogP contribution is 2.33. The topological polar surface area (TPSA) is 66.9 Å². The van der Waals surface area contributed by atoms with Gasteiger partial charge in [-0.3, -0.25) is 14.2 Å². The zero-order valence-electron chi connectivity index (χ0n) is 18.2. The molecule has 0 aliphatic heterocycles. The van der Waals surface area contributed by atoms with Gasteiger partial charge in [0, 0.05) is 12.5 Å². The van der Waals surface area contributed by atoms with E-state index in [9.17, 15) is 9.59 Å². The Morgan fingerprint density at radius 3 is 2.62 bits per heavy atom. The van der Waals surface area contributed by atoms with Gasteiger partial charge >= 0.3 is 0 Å². The molecule has 0 bridgehead atoms. The van der Waals surface area contributed by atoms with Gasteiger partial charge in [-0.15, -0.1) is 0 Å². The Labute approximate surface area is 192 Å². The summed E-state index contributed by atoms with van der Waals surface area (Å²) in [6.45, 7) is 0.614. The molecule has 0 radical (unpaired) electrons. The number of rotatable bonds is 4. The molecule has 1 amide bonds. The van der Waals surface area contributed by atoms with E-state index in [0.717, 1.165) is 50.5 Å². The number of aromatic nitrogens is 2. The van der Waals surface area contributed by atoms with Crippen molar-refractivity contribution < 1.29 is 4.79 Å². The minimum Gasteiger partial charge on any atom is -0.349 e. The first-order valence-corrected chi connectivity index (χ1v) is 12.1. The lowest BCUT2D eigenvalue weighted by Crippen LogP contribution is -2.37. The second-order valence-corrected chi connectivity index (χ2v) is 9.65. The van der Waals surface area contributed by atoms with Crippen LogP contribution in [0.3, 0.4) is 0 Å². The summed E-state index contributed by atoms with van der Waals surface area (Å²) < 4.78 is 2.17. The summed E-state index contributed by atoms with van der Waals surface area (Å²) in [5.41, 5.74) is 3.40. The van der Waals surface area contributed by atoms with Gasteiger partial charge < -0.3 is 10.3 Å². The molecule has 1 atom stereocenters. The minimum absolute atomic E-state index is 0.0276. The Morgan fingerprint density at radius 1 is 1.03 bits per heavy atom. The minimum atomic E-state index is -0.0276. The molecular weight excluding hydrogens is 418 g/mol. The molecule has 166 valence electrons. The fourth-order valence-electron chi connectivity index (χ4n) is 5.42.